The second-order valence-electron chi connectivity index (χ2n) is 2.96. The molecule has 0 fully saturated rings. The normalized spacial score (nSPS) is 15.3. The standard InChI is InChI=1S/C10H12N2/c1-2-8-3-6-12-10-7-11-5-4-9(8)10/h2-3,6,11H,1,4-5,7H2. The van der Waals surface area contributed by atoms with E-state index in [2.05, 4.69) is 16.9 Å². The van der Waals surface area contributed by atoms with Gasteiger partial charge in [0.15, 0.2) is 0 Å². The SMILES string of the molecule is C=Cc1ccnc2c1CCNC2. The number of nitrogens with one attached hydrogen (secondary N) is 1. The molecule has 12 heavy (non-hydrogen) atoms. The highest BCUT2D eigenvalue weighted by molar-refractivity contribution is 5.53. The van der Waals surface area contributed by atoms with Crippen molar-refractivity contribution in [3.63, 3.8) is 0 Å². The van der Waals surface area contributed by atoms with Gasteiger partial charge in [-0.3, -0.25) is 4.98 Å². The molecule has 1 N–H and O–H groups in total. The first-order valence-electron chi connectivity index (χ1n) is 4.21. The third-order valence-electron chi connectivity index (χ3n) is 2.25. The van der Waals surface area contributed by atoms with Gasteiger partial charge < -0.3 is 5.32 Å². The fourth-order valence-electron chi connectivity index (χ4n) is 1.61. The lowest BCUT2D eigenvalue weighted by Crippen LogP contribution is -2.25. The molecule has 1 aromatic heterocycles. The quantitative estimate of drug-likeness (QED) is 0.671. The maximum atomic E-state index is 4.32. The minimum Gasteiger partial charge on any atom is -0.311 e. The largest absolute Gasteiger partial charge is 0.311 e. The van der Waals surface area contributed by atoms with E-state index in [1.165, 1.54) is 16.8 Å². The van der Waals surface area contributed by atoms with Crippen molar-refractivity contribution in [1.82, 2.24) is 10.3 Å². The Balaban J connectivity index is 2.51. The summed E-state index contributed by atoms with van der Waals surface area (Å²) in [6.45, 7) is 5.75. The second kappa shape index (κ2) is 3.07. The molecule has 0 aliphatic carbocycles. The molecule has 0 bridgehead atoms. The molecule has 1 aromatic rings. The molecule has 0 amide bonds. The summed E-state index contributed by atoms with van der Waals surface area (Å²) in [5.74, 6) is 0. The van der Waals surface area contributed by atoms with E-state index >= 15 is 0 Å². The molecule has 2 rings (SSSR count). The number of hydrogen-bond acceptors (Lipinski definition) is 2. The Labute approximate surface area is 72.3 Å². The molecule has 1 aliphatic rings. The van der Waals surface area contributed by atoms with Crippen molar-refractivity contribution >= 4 is 6.08 Å². The Morgan fingerprint density at radius 1 is 1.58 bits per heavy atom. The van der Waals surface area contributed by atoms with E-state index in [0.717, 1.165) is 19.5 Å². The van der Waals surface area contributed by atoms with Gasteiger partial charge in [0.2, 0.25) is 0 Å². The second-order valence-corrected chi connectivity index (χ2v) is 2.96. The van der Waals surface area contributed by atoms with Gasteiger partial charge in [-0.25, -0.2) is 0 Å². The minimum absolute atomic E-state index is 0.900. The zero-order valence-electron chi connectivity index (χ0n) is 7.01. The fourth-order valence-corrected chi connectivity index (χ4v) is 1.61. The first kappa shape index (κ1) is 7.50. The highest BCUT2D eigenvalue weighted by Crippen LogP contribution is 2.16. The van der Waals surface area contributed by atoms with Crippen LogP contribution in [0.15, 0.2) is 18.8 Å². The van der Waals surface area contributed by atoms with Gasteiger partial charge in [-0.05, 0) is 30.2 Å². The van der Waals surface area contributed by atoms with E-state index in [0.29, 0.717) is 0 Å². The van der Waals surface area contributed by atoms with Crippen LogP contribution in [0.2, 0.25) is 0 Å². The summed E-state index contributed by atoms with van der Waals surface area (Å²) in [4.78, 5) is 4.32. The van der Waals surface area contributed by atoms with Gasteiger partial charge in [0, 0.05) is 12.7 Å². The van der Waals surface area contributed by atoms with E-state index in [9.17, 15) is 0 Å². The zero-order valence-corrected chi connectivity index (χ0v) is 7.01. The molecule has 1 aliphatic heterocycles. The third-order valence-corrected chi connectivity index (χ3v) is 2.25. The summed E-state index contributed by atoms with van der Waals surface area (Å²) in [5, 5.41) is 3.30. The van der Waals surface area contributed by atoms with Crippen LogP contribution in [0.25, 0.3) is 6.08 Å². The van der Waals surface area contributed by atoms with E-state index in [1.54, 1.807) is 0 Å². The topological polar surface area (TPSA) is 24.9 Å². The van der Waals surface area contributed by atoms with Crippen LogP contribution in [-0.4, -0.2) is 11.5 Å². The number of rotatable bonds is 1. The molecule has 2 nitrogen and oxygen atoms in total. The molecule has 62 valence electrons. The minimum atomic E-state index is 0.900. The Morgan fingerprint density at radius 2 is 2.50 bits per heavy atom. The van der Waals surface area contributed by atoms with Crippen LogP contribution in [0, 0.1) is 0 Å². The fraction of sp³-hybridized carbons (Fsp3) is 0.300. The number of fused-ring (bicyclic) bond motifs is 1. The molecule has 2 heteroatoms. The predicted octanol–water partition coefficient (Wildman–Crippen LogP) is 1.37. The zero-order chi connectivity index (χ0) is 8.39. The summed E-state index contributed by atoms with van der Waals surface area (Å²) in [6, 6.07) is 2.02. The van der Waals surface area contributed by atoms with Crippen molar-refractivity contribution in [2.45, 2.75) is 13.0 Å². The number of nitrogens with zero attached hydrogens (tertiary/aromatic N) is 1. The lowest BCUT2D eigenvalue weighted by molar-refractivity contribution is 0.626. The molecule has 0 radical (unpaired) electrons. The van der Waals surface area contributed by atoms with Crippen molar-refractivity contribution in [2.24, 2.45) is 0 Å². The van der Waals surface area contributed by atoms with Gasteiger partial charge in [0.1, 0.15) is 0 Å². The van der Waals surface area contributed by atoms with Gasteiger partial charge in [-0.2, -0.15) is 0 Å². The summed E-state index contributed by atoms with van der Waals surface area (Å²) >= 11 is 0. The van der Waals surface area contributed by atoms with Crippen molar-refractivity contribution < 1.29 is 0 Å². The van der Waals surface area contributed by atoms with Gasteiger partial charge in [0.25, 0.3) is 0 Å². The number of pyridine rings is 1. The van der Waals surface area contributed by atoms with Crippen molar-refractivity contribution in [3.05, 3.63) is 35.7 Å². The Bertz CT molecular complexity index is 305. The first-order valence-corrected chi connectivity index (χ1v) is 4.21. The molecular weight excluding hydrogens is 148 g/mol. The van der Waals surface area contributed by atoms with E-state index < -0.39 is 0 Å². The van der Waals surface area contributed by atoms with Crippen LogP contribution in [0.5, 0.6) is 0 Å². The van der Waals surface area contributed by atoms with E-state index in [1.807, 2.05) is 18.3 Å². The lowest BCUT2D eigenvalue weighted by Gasteiger charge is -2.17. The average Bonchev–Trinajstić information content (AvgIpc) is 2.17. The maximum Gasteiger partial charge on any atom is 0.0579 e. The summed E-state index contributed by atoms with van der Waals surface area (Å²) < 4.78 is 0. The Morgan fingerprint density at radius 3 is 3.33 bits per heavy atom. The van der Waals surface area contributed by atoms with Crippen molar-refractivity contribution in [2.75, 3.05) is 6.54 Å². The van der Waals surface area contributed by atoms with Crippen molar-refractivity contribution in [1.29, 1.82) is 0 Å². The number of aromatic nitrogens is 1. The van der Waals surface area contributed by atoms with Crippen LogP contribution >= 0.6 is 0 Å². The third kappa shape index (κ3) is 1.14. The van der Waals surface area contributed by atoms with Crippen LogP contribution < -0.4 is 5.32 Å². The highest BCUT2D eigenvalue weighted by Gasteiger charge is 2.11. The summed E-state index contributed by atoms with van der Waals surface area (Å²) in [7, 11) is 0. The van der Waals surface area contributed by atoms with Crippen LogP contribution in [0.1, 0.15) is 16.8 Å². The number of hydrogen-bond donors (Lipinski definition) is 1. The molecule has 0 aromatic carbocycles. The van der Waals surface area contributed by atoms with Gasteiger partial charge in [-0.15, -0.1) is 0 Å². The molecule has 0 saturated heterocycles. The van der Waals surface area contributed by atoms with Gasteiger partial charge >= 0.3 is 0 Å². The lowest BCUT2D eigenvalue weighted by atomic mass is 10.0. The summed E-state index contributed by atoms with van der Waals surface area (Å²) in [5.41, 5.74) is 3.78. The predicted molar refractivity (Wildman–Crippen MR) is 49.7 cm³/mol. The monoisotopic (exact) mass is 160 g/mol. The molecular formula is C10H12N2. The molecule has 0 atom stereocenters. The van der Waals surface area contributed by atoms with Gasteiger partial charge in [-0.1, -0.05) is 12.7 Å². The van der Waals surface area contributed by atoms with Crippen LogP contribution in [-0.2, 0) is 13.0 Å². The summed E-state index contributed by atoms with van der Waals surface area (Å²) in [6.07, 6.45) is 4.83. The molecule has 2 heterocycles. The molecule has 0 spiro atoms. The van der Waals surface area contributed by atoms with Gasteiger partial charge in [0.05, 0.1) is 5.69 Å². The smallest absolute Gasteiger partial charge is 0.0579 e. The average molecular weight is 160 g/mol. The van der Waals surface area contributed by atoms with Crippen molar-refractivity contribution in [3.8, 4) is 0 Å². The molecule has 0 saturated carbocycles. The van der Waals surface area contributed by atoms with E-state index in [-0.39, 0.29) is 0 Å². The van der Waals surface area contributed by atoms with Crippen LogP contribution in [0.4, 0.5) is 0 Å². The Hall–Kier alpha value is -1.15. The van der Waals surface area contributed by atoms with Crippen LogP contribution in [0.3, 0.4) is 0 Å². The Kier molecular flexibility index (Phi) is 1.92. The first-order chi connectivity index (χ1) is 5.92. The van der Waals surface area contributed by atoms with E-state index in [4.69, 9.17) is 0 Å². The maximum absolute atomic E-state index is 4.32. The molecule has 0 unspecified atom stereocenters. The highest BCUT2D eigenvalue weighted by atomic mass is 14.9.